The SMILES string of the molecule is Nc1cc(N)cc(C(=O)Nc2cccc(NC(=O)c3cc(N)cc(N)c3)c2)c1. The molecule has 3 aromatic carbocycles. The van der Waals surface area contributed by atoms with E-state index >= 15 is 0 Å². The molecule has 0 unspecified atom stereocenters. The van der Waals surface area contributed by atoms with Crippen LogP contribution >= 0.6 is 0 Å². The Labute approximate surface area is 161 Å². The van der Waals surface area contributed by atoms with Crippen molar-refractivity contribution in [2.24, 2.45) is 0 Å². The minimum atomic E-state index is -0.369. The van der Waals surface area contributed by atoms with E-state index in [9.17, 15) is 9.59 Å². The van der Waals surface area contributed by atoms with Crippen LogP contribution in [0.15, 0.2) is 60.7 Å². The van der Waals surface area contributed by atoms with E-state index in [-0.39, 0.29) is 11.8 Å². The zero-order valence-corrected chi connectivity index (χ0v) is 14.9. The molecule has 0 saturated heterocycles. The summed E-state index contributed by atoms with van der Waals surface area (Å²) in [5.41, 5.74) is 26.1. The summed E-state index contributed by atoms with van der Waals surface area (Å²) in [4.78, 5) is 24.8. The monoisotopic (exact) mass is 376 g/mol. The first-order valence-electron chi connectivity index (χ1n) is 8.35. The lowest BCUT2D eigenvalue weighted by molar-refractivity contribution is 0.101. The van der Waals surface area contributed by atoms with E-state index in [0.29, 0.717) is 45.3 Å². The number of hydrogen-bond donors (Lipinski definition) is 6. The lowest BCUT2D eigenvalue weighted by Crippen LogP contribution is -2.14. The molecule has 0 aliphatic heterocycles. The molecule has 28 heavy (non-hydrogen) atoms. The van der Waals surface area contributed by atoms with Crippen LogP contribution in [0.4, 0.5) is 34.1 Å². The van der Waals surface area contributed by atoms with Crippen molar-refractivity contribution in [3.05, 3.63) is 71.8 Å². The summed E-state index contributed by atoms with van der Waals surface area (Å²) in [5.74, 6) is -0.739. The van der Waals surface area contributed by atoms with Crippen LogP contribution in [0.25, 0.3) is 0 Å². The van der Waals surface area contributed by atoms with Crippen LogP contribution in [0.2, 0.25) is 0 Å². The summed E-state index contributed by atoms with van der Waals surface area (Å²) < 4.78 is 0. The fraction of sp³-hybridized carbons (Fsp3) is 0. The smallest absolute Gasteiger partial charge is 0.255 e. The summed E-state index contributed by atoms with van der Waals surface area (Å²) in [6.07, 6.45) is 0. The molecule has 2 amide bonds. The predicted octanol–water partition coefficient (Wildman–Crippen LogP) is 2.52. The molecule has 0 aliphatic rings. The van der Waals surface area contributed by atoms with Gasteiger partial charge in [-0.25, -0.2) is 0 Å². The van der Waals surface area contributed by atoms with Gasteiger partial charge in [-0.05, 0) is 54.6 Å². The van der Waals surface area contributed by atoms with Gasteiger partial charge in [0, 0.05) is 45.3 Å². The molecule has 0 heterocycles. The van der Waals surface area contributed by atoms with Gasteiger partial charge in [-0.3, -0.25) is 9.59 Å². The topological polar surface area (TPSA) is 162 Å². The minimum absolute atomic E-state index is 0.335. The molecule has 0 aromatic heterocycles. The van der Waals surface area contributed by atoms with Crippen LogP contribution in [0.5, 0.6) is 0 Å². The van der Waals surface area contributed by atoms with Crippen LogP contribution in [-0.4, -0.2) is 11.8 Å². The van der Waals surface area contributed by atoms with Crippen molar-refractivity contribution in [2.75, 3.05) is 33.6 Å². The van der Waals surface area contributed by atoms with Crippen molar-refractivity contribution < 1.29 is 9.59 Å². The zero-order valence-electron chi connectivity index (χ0n) is 14.9. The molecular formula is C20H20N6O2. The predicted molar refractivity (Wildman–Crippen MR) is 113 cm³/mol. The largest absolute Gasteiger partial charge is 0.399 e. The Morgan fingerprint density at radius 3 is 1.29 bits per heavy atom. The number of nitrogens with one attached hydrogen (secondary N) is 2. The molecule has 8 heteroatoms. The van der Waals surface area contributed by atoms with Gasteiger partial charge in [0.25, 0.3) is 11.8 Å². The van der Waals surface area contributed by atoms with E-state index in [0.717, 1.165) is 0 Å². The van der Waals surface area contributed by atoms with Crippen molar-refractivity contribution >= 4 is 45.9 Å². The summed E-state index contributed by atoms with van der Waals surface area (Å²) in [5, 5.41) is 5.49. The van der Waals surface area contributed by atoms with Crippen molar-refractivity contribution in [3.8, 4) is 0 Å². The molecule has 0 fully saturated rings. The third-order valence-corrected chi connectivity index (χ3v) is 3.86. The van der Waals surface area contributed by atoms with Crippen molar-refractivity contribution in [2.45, 2.75) is 0 Å². The molecular weight excluding hydrogens is 356 g/mol. The second-order valence-electron chi connectivity index (χ2n) is 6.27. The number of anilines is 6. The Balaban J connectivity index is 1.75. The molecule has 3 aromatic rings. The average Bonchev–Trinajstić information content (AvgIpc) is 2.60. The van der Waals surface area contributed by atoms with Gasteiger partial charge >= 0.3 is 0 Å². The van der Waals surface area contributed by atoms with E-state index < -0.39 is 0 Å². The highest BCUT2D eigenvalue weighted by molar-refractivity contribution is 6.07. The van der Waals surface area contributed by atoms with E-state index in [1.165, 1.54) is 24.3 Å². The number of carbonyl (C=O) groups is 2. The van der Waals surface area contributed by atoms with Crippen LogP contribution < -0.4 is 33.6 Å². The van der Waals surface area contributed by atoms with Crippen molar-refractivity contribution in [3.63, 3.8) is 0 Å². The van der Waals surface area contributed by atoms with E-state index in [2.05, 4.69) is 10.6 Å². The van der Waals surface area contributed by atoms with Gasteiger partial charge in [-0.1, -0.05) is 6.07 Å². The lowest BCUT2D eigenvalue weighted by Gasteiger charge is -2.10. The molecule has 0 bridgehead atoms. The molecule has 8 nitrogen and oxygen atoms in total. The van der Waals surface area contributed by atoms with Crippen LogP contribution in [0.3, 0.4) is 0 Å². The van der Waals surface area contributed by atoms with Crippen LogP contribution in [0.1, 0.15) is 20.7 Å². The Hall–Kier alpha value is -4.20. The van der Waals surface area contributed by atoms with Gasteiger partial charge in [-0.2, -0.15) is 0 Å². The molecule has 0 aliphatic carbocycles. The van der Waals surface area contributed by atoms with E-state index in [4.69, 9.17) is 22.9 Å². The van der Waals surface area contributed by atoms with Gasteiger partial charge in [0.1, 0.15) is 0 Å². The molecule has 3 rings (SSSR count). The first-order valence-corrected chi connectivity index (χ1v) is 8.35. The molecule has 0 spiro atoms. The number of benzene rings is 3. The summed E-state index contributed by atoms with van der Waals surface area (Å²) in [7, 11) is 0. The Bertz CT molecular complexity index is 943. The number of nitrogen functional groups attached to an aromatic ring is 4. The Morgan fingerprint density at radius 1 is 0.571 bits per heavy atom. The number of nitrogens with two attached hydrogens (primary N) is 4. The van der Waals surface area contributed by atoms with Crippen molar-refractivity contribution in [1.29, 1.82) is 0 Å². The average molecular weight is 376 g/mol. The van der Waals surface area contributed by atoms with Crippen molar-refractivity contribution in [1.82, 2.24) is 0 Å². The number of carbonyl (C=O) groups excluding carboxylic acids is 2. The molecule has 0 atom stereocenters. The normalized spacial score (nSPS) is 10.3. The fourth-order valence-corrected chi connectivity index (χ4v) is 2.70. The maximum atomic E-state index is 12.4. The molecule has 142 valence electrons. The van der Waals surface area contributed by atoms with Gasteiger partial charge in [0.05, 0.1) is 0 Å². The number of hydrogen-bond acceptors (Lipinski definition) is 6. The summed E-state index contributed by atoms with van der Waals surface area (Å²) in [6, 6.07) is 16.0. The highest BCUT2D eigenvalue weighted by atomic mass is 16.2. The van der Waals surface area contributed by atoms with Crippen LogP contribution in [-0.2, 0) is 0 Å². The standard InChI is InChI=1S/C20H20N6O2/c21-13-4-11(5-14(22)8-13)19(27)25-17-2-1-3-18(10-17)26-20(28)12-6-15(23)9-16(24)7-12/h1-10H,21-24H2,(H,25,27)(H,26,28). The van der Waals surface area contributed by atoms with Crippen LogP contribution in [0, 0.1) is 0 Å². The van der Waals surface area contributed by atoms with E-state index in [1.54, 1.807) is 36.4 Å². The highest BCUT2D eigenvalue weighted by Gasteiger charge is 2.10. The maximum absolute atomic E-state index is 12.4. The first kappa shape index (κ1) is 18.6. The Morgan fingerprint density at radius 2 is 0.929 bits per heavy atom. The van der Waals surface area contributed by atoms with Gasteiger partial charge in [0.2, 0.25) is 0 Å². The molecule has 0 saturated carbocycles. The van der Waals surface area contributed by atoms with Gasteiger partial charge in [0.15, 0.2) is 0 Å². The number of amides is 2. The second kappa shape index (κ2) is 7.58. The Kier molecular flexibility index (Phi) is 5.03. The maximum Gasteiger partial charge on any atom is 0.255 e. The summed E-state index contributed by atoms with van der Waals surface area (Å²) >= 11 is 0. The second-order valence-corrected chi connectivity index (χ2v) is 6.27. The fourth-order valence-electron chi connectivity index (χ4n) is 2.70. The third-order valence-electron chi connectivity index (χ3n) is 3.86. The quantitative estimate of drug-likeness (QED) is 0.383. The van der Waals surface area contributed by atoms with E-state index in [1.807, 2.05) is 0 Å². The lowest BCUT2D eigenvalue weighted by atomic mass is 10.1. The number of rotatable bonds is 4. The summed E-state index contributed by atoms with van der Waals surface area (Å²) in [6.45, 7) is 0. The first-order chi connectivity index (χ1) is 13.3. The zero-order chi connectivity index (χ0) is 20.3. The highest BCUT2D eigenvalue weighted by Crippen LogP contribution is 2.20. The molecule has 10 N–H and O–H groups in total. The molecule has 0 radical (unpaired) electrons. The van der Waals surface area contributed by atoms with Gasteiger partial charge in [-0.15, -0.1) is 0 Å². The minimum Gasteiger partial charge on any atom is -0.399 e. The van der Waals surface area contributed by atoms with Gasteiger partial charge < -0.3 is 33.6 Å². The third kappa shape index (κ3) is 4.50.